The highest BCUT2D eigenvalue weighted by molar-refractivity contribution is 5.86. The Hall–Kier alpha value is -1.38. The zero-order valence-electron chi connectivity index (χ0n) is 9.48. The van der Waals surface area contributed by atoms with E-state index in [2.05, 4.69) is 31.2 Å². The van der Waals surface area contributed by atoms with Crippen molar-refractivity contribution in [2.24, 2.45) is 5.73 Å². The molecule has 0 bridgehead atoms. The molecule has 3 N–H and O–H groups in total. The number of rotatable bonds is 3. The number of nitrogens with two attached hydrogens (primary N) is 1. The predicted octanol–water partition coefficient (Wildman–Crippen LogP) is 2.01. The molecule has 84 valence electrons. The molecule has 0 aliphatic heterocycles. The number of hydrogen-bond acceptors (Lipinski definition) is 2. The summed E-state index contributed by atoms with van der Waals surface area (Å²) in [6, 6.07) is 12.3. The Morgan fingerprint density at radius 3 is 2.69 bits per heavy atom. The van der Waals surface area contributed by atoms with Crippen LogP contribution in [0.3, 0.4) is 0 Å². The van der Waals surface area contributed by atoms with E-state index >= 15 is 0 Å². The van der Waals surface area contributed by atoms with Crippen molar-refractivity contribution in [3.63, 3.8) is 0 Å². The van der Waals surface area contributed by atoms with Crippen molar-refractivity contribution in [1.82, 2.24) is 0 Å². The second kappa shape index (κ2) is 4.64. The number of hydrogen-bond donors (Lipinski definition) is 2. The Bertz CT molecular complexity index is 493. The van der Waals surface area contributed by atoms with Crippen LogP contribution in [0.2, 0.25) is 0 Å². The lowest BCUT2D eigenvalue weighted by atomic mass is 9.95. The average molecular weight is 215 g/mol. The van der Waals surface area contributed by atoms with Gasteiger partial charge < -0.3 is 10.8 Å². The number of aliphatic hydroxyl groups is 1. The van der Waals surface area contributed by atoms with Crippen LogP contribution in [-0.4, -0.2) is 17.8 Å². The average Bonchev–Trinajstić information content (AvgIpc) is 2.32. The zero-order valence-corrected chi connectivity index (χ0v) is 9.48. The second-order valence-electron chi connectivity index (χ2n) is 4.23. The van der Waals surface area contributed by atoms with Gasteiger partial charge in [0.25, 0.3) is 0 Å². The highest BCUT2D eigenvalue weighted by atomic mass is 16.3. The van der Waals surface area contributed by atoms with Crippen LogP contribution >= 0.6 is 0 Å². The van der Waals surface area contributed by atoms with Gasteiger partial charge in [0, 0.05) is 6.04 Å². The maximum absolute atomic E-state index is 9.03. The van der Waals surface area contributed by atoms with Crippen molar-refractivity contribution in [3.8, 4) is 0 Å². The van der Waals surface area contributed by atoms with Gasteiger partial charge in [-0.25, -0.2) is 0 Å². The molecular weight excluding hydrogens is 198 g/mol. The van der Waals surface area contributed by atoms with Crippen molar-refractivity contribution in [2.75, 3.05) is 6.61 Å². The van der Waals surface area contributed by atoms with Crippen molar-refractivity contribution in [2.45, 2.75) is 19.4 Å². The number of fused-ring (bicyclic) bond motifs is 1. The minimum absolute atomic E-state index is 0.0304. The maximum atomic E-state index is 9.03. The molecule has 2 aromatic carbocycles. The van der Waals surface area contributed by atoms with Gasteiger partial charge in [0.15, 0.2) is 0 Å². The quantitative estimate of drug-likeness (QED) is 0.822. The minimum atomic E-state index is -0.176. The molecule has 0 spiro atoms. The van der Waals surface area contributed by atoms with E-state index in [1.165, 1.54) is 21.9 Å². The van der Waals surface area contributed by atoms with Crippen LogP contribution in [0.1, 0.15) is 11.1 Å². The Balaban J connectivity index is 2.52. The van der Waals surface area contributed by atoms with Gasteiger partial charge in [-0.05, 0) is 35.2 Å². The van der Waals surface area contributed by atoms with Gasteiger partial charge in [0.05, 0.1) is 6.61 Å². The van der Waals surface area contributed by atoms with Crippen LogP contribution in [0.4, 0.5) is 0 Å². The monoisotopic (exact) mass is 215 g/mol. The van der Waals surface area contributed by atoms with Crippen molar-refractivity contribution in [1.29, 1.82) is 0 Å². The van der Waals surface area contributed by atoms with E-state index in [0.717, 1.165) is 6.42 Å². The van der Waals surface area contributed by atoms with Gasteiger partial charge >= 0.3 is 0 Å². The van der Waals surface area contributed by atoms with E-state index in [-0.39, 0.29) is 12.6 Å². The zero-order chi connectivity index (χ0) is 11.5. The van der Waals surface area contributed by atoms with E-state index in [1.807, 2.05) is 12.1 Å². The lowest BCUT2D eigenvalue weighted by molar-refractivity contribution is 0.265. The fourth-order valence-electron chi connectivity index (χ4n) is 2.04. The van der Waals surface area contributed by atoms with Crippen LogP contribution in [0.5, 0.6) is 0 Å². The Morgan fingerprint density at radius 2 is 1.94 bits per heavy atom. The SMILES string of the molecule is Cc1ccc2ccccc2c1CC(N)CO. The van der Waals surface area contributed by atoms with Gasteiger partial charge in [-0.2, -0.15) is 0 Å². The third-order valence-electron chi connectivity index (χ3n) is 2.98. The molecule has 0 radical (unpaired) electrons. The Labute approximate surface area is 95.7 Å². The molecule has 0 aromatic heterocycles. The molecule has 16 heavy (non-hydrogen) atoms. The predicted molar refractivity (Wildman–Crippen MR) is 67.5 cm³/mol. The standard InChI is InChI=1S/C14H17NO/c1-10-6-7-11-4-2-3-5-13(11)14(10)8-12(15)9-16/h2-7,12,16H,8-9,15H2,1H3. The van der Waals surface area contributed by atoms with Crippen LogP contribution < -0.4 is 5.73 Å². The first-order valence-corrected chi connectivity index (χ1v) is 5.56. The third-order valence-corrected chi connectivity index (χ3v) is 2.98. The van der Waals surface area contributed by atoms with E-state index in [1.54, 1.807) is 0 Å². The maximum Gasteiger partial charge on any atom is 0.0585 e. The third kappa shape index (κ3) is 2.08. The lowest BCUT2D eigenvalue weighted by Crippen LogP contribution is -2.27. The second-order valence-corrected chi connectivity index (χ2v) is 4.23. The van der Waals surface area contributed by atoms with E-state index in [9.17, 15) is 0 Å². The highest BCUT2D eigenvalue weighted by Gasteiger charge is 2.08. The van der Waals surface area contributed by atoms with Crippen LogP contribution in [0.25, 0.3) is 10.8 Å². The first kappa shape index (κ1) is 11.1. The van der Waals surface area contributed by atoms with Crippen molar-refractivity contribution in [3.05, 3.63) is 47.5 Å². The summed E-state index contributed by atoms with van der Waals surface area (Å²) >= 11 is 0. The summed E-state index contributed by atoms with van der Waals surface area (Å²) in [7, 11) is 0. The summed E-state index contributed by atoms with van der Waals surface area (Å²) in [5, 5.41) is 11.5. The highest BCUT2D eigenvalue weighted by Crippen LogP contribution is 2.23. The van der Waals surface area contributed by atoms with Gasteiger partial charge in [-0.1, -0.05) is 36.4 Å². The molecule has 2 nitrogen and oxygen atoms in total. The number of aryl methyl sites for hydroxylation is 1. The summed E-state index contributed by atoms with van der Waals surface area (Å²) in [4.78, 5) is 0. The molecule has 1 atom stereocenters. The summed E-state index contributed by atoms with van der Waals surface area (Å²) in [5.74, 6) is 0. The van der Waals surface area contributed by atoms with Gasteiger partial charge in [-0.3, -0.25) is 0 Å². The van der Waals surface area contributed by atoms with Crippen molar-refractivity contribution >= 4 is 10.8 Å². The lowest BCUT2D eigenvalue weighted by Gasteiger charge is -2.13. The molecule has 0 saturated carbocycles. The van der Waals surface area contributed by atoms with Gasteiger partial charge in [0.2, 0.25) is 0 Å². The summed E-state index contributed by atoms with van der Waals surface area (Å²) < 4.78 is 0. The molecule has 1 unspecified atom stereocenters. The fraction of sp³-hybridized carbons (Fsp3) is 0.286. The minimum Gasteiger partial charge on any atom is -0.395 e. The van der Waals surface area contributed by atoms with E-state index in [0.29, 0.717) is 0 Å². The Kier molecular flexibility index (Phi) is 3.22. The normalized spacial score (nSPS) is 12.9. The molecule has 0 heterocycles. The van der Waals surface area contributed by atoms with Crippen LogP contribution in [-0.2, 0) is 6.42 Å². The molecule has 0 fully saturated rings. The van der Waals surface area contributed by atoms with Gasteiger partial charge in [-0.15, -0.1) is 0 Å². The number of benzene rings is 2. The summed E-state index contributed by atoms with van der Waals surface area (Å²) in [5.41, 5.74) is 8.30. The van der Waals surface area contributed by atoms with Crippen LogP contribution in [0.15, 0.2) is 36.4 Å². The van der Waals surface area contributed by atoms with Crippen LogP contribution in [0, 0.1) is 6.92 Å². The molecule has 2 rings (SSSR count). The molecule has 0 saturated heterocycles. The molecule has 0 amide bonds. The largest absolute Gasteiger partial charge is 0.395 e. The number of aliphatic hydroxyl groups excluding tert-OH is 1. The summed E-state index contributed by atoms with van der Waals surface area (Å²) in [6.45, 7) is 2.12. The molecule has 0 aliphatic rings. The van der Waals surface area contributed by atoms with Gasteiger partial charge in [0.1, 0.15) is 0 Å². The van der Waals surface area contributed by atoms with E-state index < -0.39 is 0 Å². The Morgan fingerprint density at radius 1 is 1.19 bits per heavy atom. The molecular formula is C14H17NO. The topological polar surface area (TPSA) is 46.2 Å². The first-order chi connectivity index (χ1) is 7.72. The first-order valence-electron chi connectivity index (χ1n) is 5.56. The summed E-state index contributed by atoms with van der Waals surface area (Å²) in [6.07, 6.45) is 0.726. The fourth-order valence-corrected chi connectivity index (χ4v) is 2.04. The molecule has 2 heteroatoms. The molecule has 2 aromatic rings. The smallest absolute Gasteiger partial charge is 0.0585 e. The van der Waals surface area contributed by atoms with Crippen molar-refractivity contribution < 1.29 is 5.11 Å². The molecule has 0 aliphatic carbocycles. The van der Waals surface area contributed by atoms with E-state index in [4.69, 9.17) is 10.8 Å².